The summed E-state index contributed by atoms with van der Waals surface area (Å²) < 4.78 is 20.8. The van der Waals surface area contributed by atoms with Crippen LogP contribution in [0, 0.1) is 5.82 Å². The van der Waals surface area contributed by atoms with Crippen LogP contribution in [0.4, 0.5) is 4.39 Å². The molecule has 3 heterocycles. The van der Waals surface area contributed by atoms with Crippen LogP contribution in [-0.2, 0) is 12.3 Å². The van der Waals surface area contributed by atoms with Crippen molar-refractivity contribution >= 4 is 43.5 Å². The van der Waals surface area contributed by atoms with Gasteiger partial charge in [0.25, 0.3) is 5.56 Å². The maximum absolute atomic E-state index is 13.5. The molecular formula is C24H18FN3O2S2. The Morgan fingerprint density at radius 1 is 1.06 bits per heavy atom. The lowest BCUT2D eigenvalue weighted by Crippen LogP contribution is -2.23. The molecule has 8 heteroatoms. The zero-order chi connectivity index (χ0) is 22.1. The van der Waals surface area contributed by atoms with Gasteiger partial charge in [-0.1, -0.05) is 36.0 Å². The first-order chi connectivity index (χ1) is 15.6. The highest BCUT2D eigenvalue weighted by molar-refractivity contribution is 7.98. The van der Waals surface area contributed by atoms with Crippen LogP contribution in [0.15, 0.2) is 76.8 Å². The van der Waals surface area contributed by atoms with Gasteiger partial charge >= 0.3 is 0 Å². The van der Waals surface area contributed by atoms with E-state index < -0.39 is 0 Å². The standard InChI is InChI=1S/C24H18FN3O2S2/c1-30-18-10-6-15(7-11-18)13-28-23(29)21-20(19-3-2-12-26-22(19)32-21)27-24(28)31-14-16-4-8-17(25)9-5-16/h2-12H,13-14H2,1H3. The molecule has 32 heavy (non-hydrogen) atoms. The maximum Gasteiger partial charge on any atom is 0.272 e. The van der Waals surface area contributed by atoms with E-state index in [-0.39, 0.29) is 11.4 Å². The van der Waals surface area contributed by atoms with Crippen LogP contribution in [0.3, 0.4) is 0 Å². The van der Waals surface area contributed by atoms with E-state index in [1.165, 1.54) is 35.2 Å². The van der Waals surface area contributed by atoms with Gasteiger partial charge in [-0.15, -0.1) is 11.3 Å². The van der Waals surface area contributed by atoms with Crippen molar-refractivity contribution < 1.29 is 9.13 Å². The number of rotatable bonds is 6. The fourth-order valence-electron chi connectivity index (χ4n) is 3.43. The predicted octanol–water partition coefficient (Wildman–Crippen LogP) is 5.49. The van der Waals surface area contributed by atoms with Gasteiger partial charge < -0.3 is 4.74 Å². The Bertz CT molecular complexity index is 1460. The molecule has 0 amide bonds. The number of thioether (sulfide) groups is 1. The van der Waals surface area contributed by atoms with Gasteiger partial charge in [-0.2, -0.15) is 0 Å². The largest absolute Gasteiger partial charge is 0.497 e. The van der Waals surface area contributed by atoms with Crippen LogP contribution in [0.1, 0.15) is 11.1 Å². The summed E-state index contributed by atoms with van der Waals surface area (Å²) in [6.07, 6.45) is 1.72. The number of nitrogens with zero attached hydrogens (tertiary/aromatic N) is 3. The third-order valence-electron chi connectivity index (χ3n) is 5.10. The normalized spacial score (nSPS) is 11.3. The fraction of sp³-hybridized carbons (Fsp3) is 0.125. The number of methoxy groups -OCH3 is 1. The summed E-state index contributed by atoms with van der Waals surface area (Å²) >= 11 is 2.83. The summed E-state index contributed by atoms with van der Waals surface area (Å²) in [4.78, 5) is 23.6. The average molecular weight is 464 g/mol. The Morgan fingerprint density at radius 3 is 2.56 bits per heavy atom. The highest BCUT2D eigenvalue weighted by Crippen LogP contribution is 2.31. The van der Waals surface area contributed by atoms with Crippen molar-refractivity contribution in [2.45, 2.75) is 17.5 Å². The molecule has 0 unspecified atom stereocenters. The summed E-state index contributed by atoms with van der Waals surface area (Å²) in [5, 5.41) is 1.50. The molecule has 0 spiro atoms. The first kappa shape index (κ1) is 20.7. The van der Waals surface area contributed by atoms with Crippen LogP contribution < -0.4 is 10.3 Å². The lowest BCUT2D eigenvalue weighted by atomic mass is 10.2. The Kier molecular flexibility index (Phi) is 5.63. The Morgan fingerprint density at radius 2 is 1.81 bits per heavy atom. The van der Waals surface area contributed by atoms with Crippen molar-refractivity contribution in [3.05, 3.63) is 94.2 Å². The molecule has 3 aromatic heterocycles. The SMILES string of the molecule is COc1ccc(Cn2c(SCc3ccc(F)cc3)nc3c(sc4ncccc43)c2=O)cc1. The maximum atomic E-state index is 13.5. The Labute approximate surface area is 191 Å². The number of halogens is 1. The van der Waals surface area contributed by atoms with Crippen molar-refractivity contribution in [2.24, 2.45) is 0 Å². The number of hydrogen-bond donors (Lipinski definition) is 0. The summed E-state index contributed by atoms with van der Waals surface area (Å²) in [7, 11) is 1.62. The van der Waals surface area contributed by atoms with Gasteiger partial charge in [0.1, 0.15) is 21.1 Å². The second-order valence-electron chi connectivity index (χ2n) is 7.18. The Hall–Kier alpha value is -3.23. The van der Waals surface area contributed by atoms with Crippen LogP contribution in [0.2, 0.25) is 0 Å². The highest BCUT2D eigenvalue weighted by atomic mass is 32.2. The van der Waals surface area contributed by atoms with Gasteiger partial charge in [0, 0.05) is 17.3 Å². The summed E-state index contributed by atoms with van der Waals surface area (Å²) in [6.45, 7) is 0.388. The van der Waals surface area contributed by atoms with E-state index in [0.717, 1.165) is 27.1 Å². The molecule has 0 saturated heterocycles. The van der Waals surface area contributed by atoms with E-state index in [9.17, 15) is 9.18 Å². The van der Waals surface area contributed by atoms with Gasteiger partial charge in [-0.05, 0) is 47.5 Å². The molecule has 5 aromatic rings. The van der Waals surface area contributed by atoms with Crippen molar-refractivity contribution in [1.29, 1.82) is 0 Å². The molecule has 5 rings (SSSR count). The molecule has 0 aliphatic heterocycles. The van der Waals surface area contributed by atoms with E-state index in [0.29, 0.717) is 27.7 Å². The molecule has 0 atom stereocenters. The zero-order valence-corrected chi connectivity index (χ0v) is 18.8. The zero-order valence-electron chi connectivity index (χ0n) is 17.1. The number of fused-ring (bicyclic) bond motifs is 3. The minimum atomic E-state index is -0.271. The van der Waals surface area contributed by atoms with E-state index >= 15 is 0 Å². The number of hydrogen-bond acceptors (Lipinski definition) is 6. The van der Waals surface area contributed by atoms with E-state index in [1.54, 1.807) is 30.0 Å². The predicted molar refractivity (Wildman–Crippen MR) is 127 cm³/mol. The highest BCUT2D eigenvalue weighted by Gasteiger charge is 2.17. The number of aromatic nitrogens is 3. The number of pyridine rings is 1. The second kappa shape index (κ2) is 8.72. The van der Waals surface area contributed by atoms with Crippen LogP contribution in [0.5, 0.6) is 5.75 Å². The first-order valence-corrected chi connectivity index (χ1v) is 11.7. The van der Waals surface area contributed by atoms with E-state index in [2.05, 4.69) is 4.98 Å². The number of ether oxygens (including phenoxy) is 1. The molecule has 0 radical (unpaired) electrons. The van der Waals surface area contributed by atoms with Crippen LogP contribution >= 0.6 is 23.1 Å². The molecule has 0 fully saturated rings. The lowest BCUT2D eigenvalue weighted by molar-refractivity contribution is 0.414. The van der Waals surface area contributed by atoms with Gasteiger partial charge in [-0.3, -0.25) is 9.36 Å². The molecule has 2 aromatic carbocycles. The van der Waals surface area contributed by atoms with Gasteiger partial charge in [-0.25, -0.2) is 14.4 Å². The van der Waals surface area contributed by atoms with Crippen LogP contribution in [-0.4, -0.2) is 21.6 Å². The first-order valence-electron chi connectivity index (χ1n) is 9.90. The molecule has 0 aliphatic rings. The molecule has 0 saturated carbocycles. The topological polar surface area (TPSA) is 57.0 Å². The van der Waals surface area contributed by atoms with Crippen LogP contribution in [0.25, 0.3) is 20.4 Å². The van der Waals surface area contributed by atoms with E-state index in [1.807, 2.05) is 36.4 Å². The van der Waals surface area contributed by atoms with Crippen molar-refractivity contribution in [2.75, 3.05) is 7.11 Å². The Balaban J connectivity index is 1.60. The average Bonchev–Trinajstić information content (AvgIpc) is 3.20. The fourth-order valence-corrected chi connectivity index (χ4v) is 5.41. The summed E-state index contributed by atoms with van der Waals surface area (Å²) in [6, 6.07) is 17.8. The molecule has 0 N–H and O–H groups in total. The number of benzene rings is 2. The van der Waals surface area contributed by atoms with Crippen molar-refractivity contribution in [1.82, 2.24) is 14.5 Å². The lowest BCUT2D eigenvalue weighted by Gasteiger charge is -2.13. The second-order valence-corrected chi connectivity index (χ2v) is 9.13. The quantitative estimate of drug-likeness (QED) is 0.246. The summed E-state index contributed by atoms with van der Waals surface area (Å²) in [5.41, 5.74) is 2.52. The third kappa shape index (κ3) is 3.99. The molecule has 5 nitrogen and oxygen atoms in total. The van der Waals surface area contributed by atoms with Crippen molar-refractivity contribution in [3.8, 4) is 5.75 Å². The van der Waals surface area contributed by atoms with Gasteiger partial charge in [0.05, 0.1) is 19.2 Å². The molecular weight excluding hydrogens is 445 g/mol. The summed E-state index contributed by atoms with van der Waals surface area (Å²) in [5.74, 6) is 1.06. The minimum Gasteiger partial charge on any atom is -0.497 e. The molecule has 0 bridgehead atoms. The van der Waals surface area contributed by atoms with Gasteiger partial charge in [0.15, 0.2) is 5.16 Å². The molecule has 0 aliphatic carbocycles. The van der Waals surface area contributed by atoms with Crippen molar-refractivity contribution in [3.63, 3.8) is 0 Å². The monoisotopic (exact) mass is 463 g/mol. The van der Waals surface area contributed by atoms with Gasteiger partial charge in [0.2, 0.25) is 0 Å². The molecule has 160 valence electrons. The number of thiophene rings is 1. The van der Waals surface area contributed by atoms with E-state index in [4.69, 9.17) is 9.72 Å². The minimum absolute atomic E-state index is 0.0876. The third-order valence-corrected chi connectivity index (χ3v) is 7.24. The smallest absolute Gasteiger partial charge is 0.272 e.